The monoisotopic (exact) mass is 718 g/mol. The Morgan fingerprint density at radius 2 is 1.58 bits per heavy atom. The van der Waals surface area contributed by atoms with Crippen LogP contribution in [0.15, 0.2) is 48.7 Å². The van der Waals surface area contributed by atoms with E-state index in [-0.39, 0.29) is 24.3 Å². The van der Waals surface area contributed by atoms with Crippen LogP contribution in [0.1, 0.15) is 104 Å². The third-order valence-electron chi connectivity index (χ3n) is 10.6. The lowest BCUT2D eigenvalue weighted by atomic mass is 9.92. The van der Waals surface area contributed by atoms with Crippen LogP contribution in [0.4, 0.5) is 9.59 Å². The van der Waals surface area contributed by atoms with Gasteiger partial charge in [-0.25, -0.2) is 19.6 Å². The van der Waals surface area contributed by atoms with Crippen molar-refractivity contribution >= 4 is 34.0 Å². The summed E-state index contributed by atoms with van der Waals surface area (Å²) in [5, 5.41) is 2.07. The number of aromatic amines is 2. The Hall–Kier alpha value is -5.06. The number of hydrogen-bond acceptors (Lipinski definition) is 7. The first-order valence-corrected chi connectivity index (χ1v) is 18.9. The predicted octanol–water partition coefficient (Wildman–Crippen LogP) is 9.69. The Balaban J connectivity index is 1.07. The molecule has 2 fully saturated rings. The summed E-state index contributed by atoms with van der Waals surface area (Å²) in [7, 11) is 0. The molecule has 3 aliphatic rings. The Bertz CT molecular complexity index is 2220. The van der Waals surface area contributed by atoms with Crippen molar-refractivity contribution in [2.24, 2.45) is 11.8 Å². The molecule has 3 aromatic carbocycles. The molecule has 8 rings (SSSR count). The van der Waals surface area contributed by atoms with Crippen LogP contribution in [0, 0.1) is 11.8 Å². The second-order valence-electron chi connectivity index (χ2n) is 17.1. The third kappa shape index (κ3) is 6.70. The molecular formula is C42H50N6O5. The lowest BCUT2D eigenvalue weighted by molar-refractivity contribution is 0.0204. The summed E-state index contributed by atoms with van der Waals surface area (Å²) in [6.07, 6.45) is 3.90. The molecule has 2 amide bonds. The minimum atomic E-state index is -0.570. The summed E-state index contributed by atoms with van der Waals surface area (Å²) in [4.78, 5) is 46.9. The smallest absolute Gasteiger partial charge is 0.410 e. The molecule has 2 N–H and O–H groups in total. The standard InChI is InChI=1S/C42H50N6O5/c1-9-24-15-34(48(21-24)40(50)53-42(6,7)8)38-44-31-13-11-25-17-30-28-12-10-26(16-27(28)22-51-35(30)18-29(25)36(31)46-38)32-19-43-37(45-32)33-14-23(2)20-47(33)39(49)52-41(3,4)5/h10-13,16-19,23-24,33-34H,9,14-15,20-22H2,1-8H3,(H,43,45)(H,44,46). The van der Waals surface area contributed by atoms with E-state index in [2.05, 4.69) is 66.3 Å². The number of rotatable bonds is 4. The molecule has 278 valence electrons. The predicted molar refractivity (Wildman–Crippen MR) is 204 cm³/mol. The van der Waals surface area contributed by atoms with Gasteiger partial charge >= 0.3 is 12.2 Å². The minimum Gasteiger partial charge on any atom is -0.488 e. The Morgan fingerprint density at radius 3 is 2.30 bits per heavy atom. The Morgan fingerprint density at radius 1 is 0.868 bits per heavy atom. The van der Waals surface area contributed by atoms with Gasteiger partial charge in [-0.15, -0.1) is 0 Å². The highest BCUT2D eigenvalue weighted by Crippen LogP contribution is 2.44. The molecule has 0 bridgehead atoms. The zero-order valence-electron chi connectivity index (χ0n) is 32.0. The van der Waals surface area contributed by atoms with Gasteiger partial charge in [-0.05, 0) is 113 Å². The lowest BCUT2D eigenvalue weighted by Gasteiger charge is -2.27. The fraction of sp³-hybridized carbons (Fsp3) is 0.476. The Labute approximate surface area is 310 Å². The highest BCUT2D eigenvalue weighted by atomic mass is 16.6. The van der Waals surface area contributed by atoms with E-state index in [0.29, 0.717) is 31.5 Å². The molecule has 11 heteroatoms. The van der Waals surface area contributed by atoms with Crippen molar-refractivity contribution in [3.63, 3.8) is 0 Å². The molecule has 0 aliphatic carbocycles. The maximum absolute atomic E-state index is 13.3. The Kier molecular flexibility index (Phi) is 8.46. The van der Waals surface area contributed by atoms with Crippen molar-refractivity contribution in [2.45, 2.75) is 105 Å². The SMILES string of the molecule is CCC1CC(c2nc3c(ccc4cc5c(cc43)OCc3cc(-c4cnc(C6CC(C)CN6C(=O)OC(C)(C)C)[nH]4)ccc3-5)[nH]2)N(C(=O)OC(C)(C)C)C1. The van der Waals surface area contributed by atoms with Crippen LogP contribution in [-0.2, 0) is 16.1 Å². The van der Waals surface area contributed by atoms with Gasteiger partial charge in [-0.3, -0.25) is 9.80 Å². The average molecular weight is 719 g/mol. The number of likely N-dealkylation sites (tertiary alicyclic amines) is 2. The fourth-order valence-electron chi connectivity index (χ4n) is 8.11. The average Bonchev–Trinajstić information content (AvgIpc) is 3.90. The van der Waals surface area contributed by atoms with Crippen molar-refractivity contribution in [1.82, 2.24) is 29.7 Å². The number of benzene rings is 3. The van der Waals surface area contributed by atoms with Gasteiger partial charge in [0.05, 0.1) is 35.0 Å². The minimum absolute atomic E-state index is 0.165. The number of carbonyl (C=O) groups is 2. The first-order chi connectivity index (χ1) is 25.1. The van der Waals surface area contributed by atoms with Crippen molar-refractivity contribution in [3.8, 4) is 28.1 Å². The first kappa shape index (κ1) is 35.0. The zero-order valence-corrected chi connectivity index (χ0v) is 32.0. The maximum atomic E-state index is 13.3. The van der Waals surface area contributed by atoms with Gasteiger partial charge in [0.1, 0.15) is 35.2 Å². The van der Waals surface area contributed by atoms with Crippen molar-refractivity contribution in [2.75, 3.05) is 13.1 Å². The normalized spacial score (nSPS) is 21.5. The van der Waals surface area contributed by atoms with E-state index in [0.717, 1.165) is 86.4 Å². The molecule has 4 unspecified atom stereocenters. The summed E-state index contributed by atoms with van der Waals surface area (Å²) in [5.74, 6) is 3.11. The van der Waals surface area contributed by atoms with Crippen molar-refractivity contribution in [3.05, 3.63) is 65.9 Å². The van der Waals surface area contributed by atoms with Crippen LogP contribution in [0.2, 0.25) is 0 Å². The van der Waals surface area contributed by atoms with Gasteiger partial charge in [0.25, 0.3) is 0 Å². The van der Waals surface area contributed by atoms with Crippen LogP contribution in [0.5, 0.6) is 5.75 Å². The number of nitrogens with zero attached hydrogens (tertiary/aromatic N) is 4. The number of nitrogens with one attached hydrogen (secondary N) is 2. The fourth-order valence-corrected chi connectivity index (χ4v) is 8.11. The number of ether oxygens (including phenoxy) is 3. The molecule has 53 heavy (non-hydrogen) atoms. The number of amides is 2. The molecule has 5 aromatic rings. The van der Waals surface area contributed by atoms with E-state index in [1.807, 2.05) is 52.6 Å². The molecule has 2 aromatic heterocycles. The van der Waals surface area contributed by atoms with Crippen molar-refractivity contribution < 1.29 is 23.8 Å². The number of imidazole rings is 2. The number of H-pyrrole nitrogens is 2. The van der Waals surface area contributed by atoms with Gasteiger partial charge in [-0.2, -0.15) is 0 Å². The molecule has 3 aliphatic heterocycles. The van der Waals surface area contributed by atoms with E-state index in [1.165, 1.54) is 0 Å². The van der Waals surface area contributed by atoms with Gasteiger partial charge < -0.3 is 24.2 Å². The summed E-state index contributed by atoms with van der Waals surface area (Å²) in [6.45, 7) is 17.4. The van der Waals surface area contributed by atoms with E-state index in [1.54, 1.807) is 4.90 Å². The molecule has 11 nitrogen and oxygen atoms in total. The topological polar surface area (TPSA) is 126 Å². The lowest BCUT2D eigenvalue weighted by Crippen LogP contribution is -2.37. The molecule has 0 saturated carbocycles. The van der Waals surface area contributed by atoms with E-state index >= 15 is 0 Å². The molecule has 2 saturated heterocycles. The molecular weight excluding hydrogens is 668 g/mol. The summed E-state index contributed by atoms with van der Waals surface area (Å²) < 4.78 is 17.9. The quantitative estimate of drug-likeness (QED) is 0.190. The van der Waals surface area contributed by atoms with E-state index in [9.17, 15) is 9.59 Å². The van der Waals surface area contributed by atoms with Crippen LogP contribution in [0.3, 0.4) is 0 Å². The van der Waals surface area contributed by atoms with Gasteiger partial charge in [0, 0.05) is 24.0 Å². The van der Waals surface area contributed by atoms with Gasteiger partial charge in [0.2, 0.25) is 0 Å². The second kappa shape index (κ2) is 12.8. The van der Waals surface area contributed by atoms with Crippen LogP contribution in [0.25, 0.3) is 44.2 Å². The molecule has 0 spiro atoms. The third-order valence-corrected chi connectivity index (χ3v) is 10.6. The number of aromatic nitrogens is 4. The molecule has 4 atom stereocenters. The number of hydrogen-bond donors (Lipinski definition) is 2. The summed E-state index contributed by atoms with van der Waals surface area (Å²) in [5.41, 5.74) is 5.82. The highest BCUT2D eigenvalue weighted by Gasteiger charge is 2.40. The summed E-state index contributed by atoms with van der Waals surface area (Å²) >= 11 is 0. The summed E-state index contributed by atoms with van der Waals surface area (Å²) in [6, 6.07) is 14.6. The van der Waals surface area contributed by atoms with Gasteiger partial charge in [-0.1, -0.05) is 38.5 Å². The maximum Gasteiger partial charge on any atom is 0.410 e. The second-order valence-corrected chi connectivity index (χ2v) is 17.1. The van der Waals surface area contributed by atoms with Crippen LogP contribution >= 0.6 is 0 Å². The first-order valence-electron chi connectivity index (χ1n) is 18.9. The van der Waals surface area contributed by atoms with E-state index in [4.69, 9.17) is 24.2 Å². The van der Waals surface area contributed by atoms with Crippen LogP contribution < -0.4 is 4.74 Å². The molecule has 0 radical (unpaired) electrons. The van der Waals surface area contributed by atoms with E-state index < -0.39 is 11.2 Å². The zero-order chi connectivity index (χ0) is 37.4. The molecule has 5 heterocycles. The number of fused-ring (bicyclic) bond motifs is 6. The highest BCUT2D eigenvalue weighted by molar-refractivity contribution is 6.07. The van der Waals surface area contributed by atoms with Gasteiger partial charge in [0.15, 0.2) is 0 Å². The van der Waals surface area contributed by atoms with Crippen molar-refractivity contribution in [1.29, 1.82) is 0 Å². The largest absolute Gasteiger partial charge is 0.488 e. The van der Waals surface area contributed by atoms with Crippen LogP contribution in [-0.4, -0.2) is 66.2 Å². The number of carbonyl (C=O) groups excluding carboxylic acids is 2.